The highest BCUT2D eigenvalue weighted by atomic mass is 35.5. The molecule has 1 fully saturated rings. The first-order chi connectivity index (χ1) is 11.2. The normalized spacial score (nSPS) is 18.8. The molecule has 1 unspecified atom stereocenters. The van der Waals surface area contributed by atoms with Crippen molar-refractivity contribution in [2.24, 2.45) is 0 Å². The minimum Gasteiger partial charge on any atom is -0.491 e. The van der Waals surface area contributed by atoms with Crippen molar-refractivity contribution in [2.45, 2.75) is 25.4 Å². The quantitative estimate of drug-likeness (QED) is 0.733. The minimum atomic E-state index is -0.465. The van der Waals surface area contributed by atoms with Crippen molar-refractivity contribution in [1.29, 1.82) is 0 Å². The summed E-state index contributed by atoms with van der Waals surface area (Å²) >= 11 is 0. The number of aliphatic hydroxyl groups excluding tert-OH is 2. The molecule has 1 aromatic carbocycles. The number of aryl methyl sites for hydroxylation is 2. The standard InChI is InChI=1S/C18H28N2O3.2ClH/c21-11-10-19-6-8-20(9-7-19)13-17(22)14-23-18-5-4-15-2-1-3-16(15)12-18;;/h4-5,12,17,21-22H,1-3,6-11,13-14H2;2*1H. The van der Waals surface area contributed by atoms with E-state index < -0.39 is 6.10 Å². The maximum Gasteiger partial charge on any atom is 0.119 e. The topological polar surface area (TPSA) is 56.2 Å². The molecule has 1 heterocycles. The molecule has 1 aromatic rings. The monoisotopic (exact) mass is 392 g/mol. The van der Waals surface area contributed by atoms with Crippen molar-refractivity contribution in [2.75, 3.05) is 52.5 Å². The van der Waals surface area contributed by atoms with Crippen molar-refractivity contribution in [3.8, 4) is 5.75 Å². The number of halogens is 2. The SMILES string of the molecule is Cl.Cl.OCCN1CCN(CC(O)COc2ccc3c(c2)CCC3)CC1. The number of piperazine rings is 1. The smallest absolute Gasteiger partial charge is 0.119 e. The first kappa shape index (κ1) is 22.5. The second-order valence-electron chi connectivity index (χ2n) is 6.61. The van der Waals surface area contributed by atoms with Gasteiger partial charge in [0.2, 0.25) is 0 Å². The van der Waals surface area contributed by atoms with Crippen molar-refractivity contribution in [3.63, 3.8) is 0 Å². The van der Waals surface area contributed by atoms with Crippen LogP contribution in [0.3, 0.4) is 0 Å². The summed E-state index contributed by atoms with van der Waals surface area (Å²) in [5.74, 6) is 0.873. The van der Waals surface area contributed by atoms with Crippen LogP contribution in [0.15, 0.2) is 18.2 Å². The number of aliphatic hydroxyl groups is 2. The Morgan fingerprint density at radius 2 is 1.68 bits per heavy atom. The molecule has 2 aliphatic rings. The summed E-state index contributed by atoms with van der Waals surface area (Å²) in [7, 11) is 0. The Bertz CT molecular complexity index is 511. The van der Waals surface area contributed by atoms with E-state index in [-0.39, 0.29) is 31.4 Å². The lowest BCUT2D eigenvalue weighted by Gasteiger charge is -2.35. The van der Waals surface area contributed by atoms with Crippen molar-refractivity contribution in [3.05, 3.63) is 29.3 Å². The molecule has 25 heavy (non-hydrogen) atoms. The van der Waals surface area contributed by atoms with Gasteiger partial charge in [-0.3, -0.25) is 9.80 Å². The molecule has 0 spiro atoms. The molecule has 1 aliphatic heterocycles. The van der Waals surface area contributed by atoms with Gasteiger partial charge in [-0.25, -0.2) is 0 Å². The van der Waals surface area contributed by atoms with E-state index in [1.54, 1.807) is 0 Å². The Kier molecular flexibility index (Phi) is 10.1. The van der Waals surface area contributed by atoms with Gasteiger partial charge >= 0.3 is 0 Å². The molecular weight excluding hydrogens is 363 g/mol. The lowest BCUT2D eigenvalue weighted by atomic mass is 10.1. The highest BCUT2D eigenvalue weighted by molar-refractivity contribution is 5.85. The molecule has 7 heteroatoms. The fraction of sp³-hybridized carbons (Fsp3) is 0.667. The van der Waals surface area contributed by atoms with E-state index in [2.05, 4.69) is 21.9 Å². The van der Waals surface area contributed by atoms with Gasteiger partial charge in [0, 0.05) is 39.3 Å². The van der Waals surface area contributed by atoms with Crippen LogP contribution >= 0.6 is 24.8 Å². The Hall–Kier alpha value is -0.560. The van der Waals surface area contributed by atoms with Gasteiger partial charge in [-0.1, -0.05) is 6.07 Å². The maximum absolute atomic E-state index is 10.2. The van der Waals surface area contributed by atoms with Crippen LogP contribution in [0.25, 0.3) is 0 Å². The van der Waals surface area contributed by atoms with Gasteiger partial charge in [0.1, 0.15) is 18.5 Å². The molecule has 0 saturated carbocycles. The molecular formula is C18H30Cl2N2O3. The van der Waals surface area contributed by atoms with Crippen LogP contribution in [-0.4, -0.2) is 78.6 Å². The number of rotatable bonds is 7. The average Bonchev–Trinajstić information content (AvgIpc) is 3.03. The lowest BCUT2D eigenvalue weighted by molar-refractivity contribution is 0.0428. The van der Waals surface area contributed by atoms with Gasteiger partial charge < -0.3 is 14.9 Å². The number of β-amino-alcohol motifs (C(OH)–C–C–N with tert-alkyl or cyclic N) is 2. The second-order valence-corrected chi connectivity index (χ2v) is 6.61. The summed E-state index contributed by atoms with van der Waals surface area (Å²) in [6.45, 7) is 5.76. The number of fused-ring (bicyclic) bond motifs is 1. The fourth-order valence-corrected chi connectivity index (χ4v) is 3.52. The Morgan fingerprint density at radius 1 is 1.00 bits per heavy atom. The first-order valence-corrected chi connectivity index (χ1v) is 8.73. The Balaban J connectivity index is 0.00000156. The van der Waals surface area contributed by atoms with E-state index in [1.807, 2.05) is 6.07 Å². The molecule has 5 nitrogen and oxygen atoms in total. The lowest BCUT2D eigenvalue weighted by Crippen LogP contribution is -2.49. The molecule has 1 aliphatic carbocycles. The van der Waals surface area contributed by atoms with E-state index in [1.165, 1.54) is 24.0 Å². The molecule has 0 radical (unpaired) electrons. The van der Waals surface area contributed by atoms with Crippen LogP contribution in [-0.2, 0) is 12.8 Å². The number of hydrogen-bond acceptors (Lipinski definition) is 5. The van der Waals surface area contributed by atoms with Gasteiger partial charge in [-0.15, -0.1) is 24.8 Å². The van der Waals surface area contributed by atoms with Crippen LogP contribution in [0.4, 0.5) is 0 Å². The van der Waals surface area contributed by atoms with Crippen LogP contribution in [0.2, 0.25) is 0 Å². The number of hydrogen-bond donors (Lipinski definition) is 2. The summed E-state index contributed by atoms with van der Waals surface area (Å²) in [5, 5.41) is 19.2. The van der Waals surface area contributed by atoms with Crippen LogP contribution in [0.5, 0.6) is 5.75 Å². The van der Waals surface area contributed by atoms with Gasteiger partial charge in [-0.05, 0) is 42.5 Å². The van der Waals surface area contributed by atoms with Gasteiger partial charge in [0.15, 0.2) is 0 Å². The largest absolute Gasteiger partial charge is 0.491 e. The molecule has 1 saturated heterocycles. The van der Waals surface area contributed by atoms with Gasteiger partial charge in [0.25, 0.3) is 0 Å². The summed E-state index contributed by atoms with van der Waals surface area (Å²) in [5.41, 5.74) is 2.84. The number of benzene rings is 1. The zero-order valence-electron chi connectivity index (χ0n) is 14.6. The van der Waals surface area contributed by atoms with E-state index in [0.717, 1.165) is 44.9 Å². The second kappa shape index (κ2) is 11.2. The highest BCUT2D eigenvalue weighted by Crippen LogP contribution is 2.26. The predicted molar refractivity (Wildman–Crippen MR) is 104 cm³/mol. The summed E-state index contributed by atoms with van der Waals surface area (Å²) in [6, 6.07) is 6.30. The summed E-state index contributed by atoms with van der Waals surface area (Å²) in [6.07, 6.45) is 3.10. The third-order valence-corrected chi connectivity index (χ3v) is 4.86. The van der Waals surface area contributed by atoms with Crippen molar-refractivity contribution < 1.29 is 14.9 Å². The maximum atomic E-state index is 10.2. The predicted octanol–water partition coefficient (Wildman–Crippen LogP) is 1.37. The van der Waals surface area contributed by atoms with E-state index >= 15 is 0 Å². The average molecular weight is 393 g/mol. The molecule has 3 rings (SSSR count). The fourth-order valence-electron chi connectivity index (χ4n) is 3.52. The Labute approximate surface area is 162 Å². The van der Waals surface area contributed by atoms with Crippen LogP contribution in [0, 0.1) is 0 Å². The number of nitrogens with zero attached hydrogens (tertiary/aromatic N) is 2. The van der Waals surface area contributed by atoms with Gasteiger partial charge in [0.05, 0.1) is 6.61 Å². The molecule has 144 valence electrons. The molecule has 2 N–H and O–H groups in total. The van der Waals surface area contributed by atoms with E-state index in [4.69, 9.17) is 9.84 Å². The molecule has 0 bridgehead atoms. The zero-order chi connectivity index (χ0) is 16.1. The highest BCUT2D eigenvalue weighted by Gasteiger charge is 2.19. The van der Waals surface area contributed by atoms with E-state index in [9.17, 15) is 5.11 Å². The third-order valence-electron chi connectivity index (χ3n) is 4.86. The molecule has 1 atom stereocenters. The van der Waals surface area contributed by atoms with Crippen molar-refractivity contribution in [1.82, 2.24) is 9.80 Å². The van der Waals surface area contributed by atoms with E-state index in [0.29, 0.717) is 13.2 Å². The summed E-state index contributed by atoms with van der Waals surface area (Å²) < 4.78 is 5.77. The minimum absolute atomic E-state index is 0. The summed E-state index contributed by atoms with van der Waals surface area (Å²) in [4.78, 5) is 4.52. The van der Waals surface area contributed by atoms with Gasteiger partial charge in [-0.2, -0.15) is 0 Å². The van der Waals surface area contributed by atoms with Crippen LogP contribution < -0.4 is 4.74 Å². The zero-order valence-corrected chi connectivity index (χ0v) is 16.2. The van der Waals surface area contributed by atoms with Crippen LogP contribution in [0.1, 0.15) is 17.5 Å². The number of ether oxygens (including phenoxy) is 1. The molecule has 0 amide bonds. The first-order valence-electron chi connectivity index (χ1n) is 8.73. The molecule has 0 aromatic heterocycles. The third kappa shape index (κ3) is 6.59. The van der Waals surface area contributed by atoms with Crippen molar-refractivity contribution >= 4 is 24.8 Å². The Morgan fingerprint density at radius 3 is 2.40 bits per heavy atom.